The van der Waals surface area contributed by atoms with Crippen molar-refractivity contribution in [3.8, 4) is 0 Å². The van der Waals surface area contributed by atoms with Crippen LogP contribution < -0.4 is 5.69 Å². The van der Waals surface area contributed by atoms with E-state index in [0.29, 0.717) is 12.8 Å². The summed E-state index contributed by atoms with van der Waals surface area (Å²) >= 11 is 0. The lowest BCUT2D eigenvalue weighted by molar-refractivity contribution is -0.0426. The van der Waals surface area contributed by atoms with Crippen LogP contribution in [0.5, 0.6) is 0 Å². The Kier molecular flexibility index (Phi) is 2.78. The Morgan fingerprint density at radius 3 is 3.00 bits per heavy atom. The number of aryl methyl sites for hydroxylation is 1. The lowest BCUT2D eigenvalue weighted by Gasteiger charge is -2.19. The zero-order valence-corrected chi connectivity index (χ0v) is 9.12. The van der Waals surface area contributed by atoms with E-state index in [0.717, 1.165) is 5.56 Å². The first-order valence-corrected chi connectivity index (χ1v) is 5.40. The maximum Gasteiger partial charge on any atom is 0.347 e. The molecule has 0 N–H and O–H groups in total. The Hall–Kier alpha value is -1.26. The molecule has 1 aromatic heterocycles. The summed E-state index contributed by atoms with van der Waals surface area (Å²) in [6.07, 6.45) is 3.99. The second kappa shape index (κ2) is 3.96. The third kappa shape index (κ3) is 2.13. The SMILES string of the molecule is Cc1cnc(=O)n(CC2CCCC2(F)F)c1. The van der Waals surface area contributed by atoms with Crippen molar-refractivity contribution in [1.82, 2.24) is 9.55 Å². The summed E-state index contributed by atoms with van der Waals surface area (Å²) in [4.78, 5) is 15.0. The van der Waals surface area contributed by atoms with Gasteiger partial charge in [0, 0.05) is 31.3 Å². The molecule has 5 heteroatoms. The van der Waals surface area contributed by atoms with E-state index in [1.165, 1.54) is 10.8 Å². The number of hydrogen-bond donors (Lipinski definition) is 0. The molecule has 1 aromatic rings. The highest BCUT2D eigenvalue weighted by atomic mass is 19.3. The molecule has 0 spiro atoms. The Morgan fingerprint density at radius 2 is 2.38 bits per heavy atom. The highest BCUT2D eigenvalue weighted by Crippen LogP contribution is 2.40. The molecule has 0 aromatic carbocycles. The van der Waals surface area contributed by atoms with Gasteiger partial charge in [0.25, 0.3) is 5.92 Å². The monoisotopic (exact) mass is 228 g/mol. The van der Waals surface area contributed by atoms with Crippen LogP contribution in [0.2, 0.25) is 0 Å². The van der Waals surface area contributed by atoms with Gasteiger partial charge in [0.05, 0.1) is 0 Å². The molecule has 1 fully saturated rings. The van der Waals surface area contributed by atoms with Crippen LogP contribution in [0.1, 0.15) is 24.8 Å². The minimum atomic E-state index is -2.64. The maximum atomic E-state index is 13.4. The van der Waals surface area contributed by atoms with Crippen molar-refractivity contribution in [3.63, 3.8) is 0 Å². The molecule has 2 rings (SSSR count). The number of hydrogen-bond acceptors (Lipinski definition) is 2. The van der Waals surface area contributed by atoms with E-state index in [4.69, 9.17) is 0 Å². The van der Waals surface area contributed by atoms with Crippen LogP contribution in [-0.2, 0) is 6.54 Å². The topological polar surface area (TPSA) is 34.9 Å². The maximum absolute atomic E-state index is 13.4. The standard InChI is InChI=1S/C11H14F2N2O/c1-8-5-14-10(16)15(6-8)7-9-3-2-4-11(9,12)13/h5-6,9H,2-4,7H2,1H3. The van der Waals surface area contributed by atoms with Crippen LogP contribution >= 0.6 is 0 Å². The molecule has 1 saturated carbocycles. The van der Waals surface area contributed by atoms with Gasteiger partial charge < -0.3 is 0 Å². The van der Waals surface area contributed by atoms with E-state index in [1.54, 1.807) is 13.1 Å². The number of halogens is 2. The van der Waals surface area contributed by atoms with Gasteiger partial charge in [0.15, 0.2) is 0 Å². The van der Waals surface area contributed by atoms with Gasteiger partial charge in [-0.25, -0.2) is 18.6 Å². The molecule has 0 aliphatic heterocycles. The van der Waals surface area contributed by atoms with Crippen molar-refractivity contribution < 1.29 is 8.78 Å². The summed E-state index contributed by atoms with van der Waals surface area (Å²) < 4.78 is 28.1. The Morgan fingerprint density at radius 1 is 1.62 bits per heavy atom. The average molecular weight is 228 g/mol. The molecule has 16 heavy (non-hydrogen) atoms. The average Bonchev–Trinajstić information content (AvgIpc) is 2.52. The molecule has 88 valence electrons. The van der Waals surface area contributed by atoms with E-state index in [1.807, 2.05) is 0 Å². The molecule has 1 aliphatic rings. The molecule has 3 nitrogen and oxygen atoms in total. The van der Waals surface area contributed by atoms with Gasteiger partial charge in [-0.05, 0) is 25.3 Å². The van der Waals surface area contributed by atoms with E-state index >= 15 is 0 Å². The largest absolute Gasteiger partial charge is 0.347 e. The van der Waals surface area contributed by atoms with Crippen molar-refractivity contribution in [3.05, 3.63) is 28.4 Å². The van der Waals surface area contributed by atoms with Crippen molar-refractivity contribution in [1.29, 1.82) is 0 Å². The zero-order chi connectivity index (χ0) is 11.8. The quantitative estimate of drug-likeness (QED) is 0.775. The first-order valence-electron chi connectivity index (χ1n) is 5.40. The van der Waals surface area contributed by atoms with Crippen molar-refractivity contribution in [2.45, 2.75) is 38.7 Å². The molecule has 0 bridgehead atoms. The summed E-state index contributed by atoms with van der Waals surface area (Å²) in [5, 5.41) is 0. The van der Waals surface area contributed by atoms with Crippen molar-refractivity contribution >= 4 is 0 Å². The van der Waals surface area contributed by atoms with Crippen LogP contribution in [0.4, 0.5) is 8.78 Å². The van der Waals surface area contributed by atoms with Gasteiger partial charge in [-0.1, -0.05) is 0 Å². The molecular formula is C11H14F2N2O. The van der Waals surface area contributed by atoms with Crippen molar-refractivity contribution in [2.75, 3.05) is 0 Å². The van der Waals surface area contributed by atoms with Crippen LogP contribution in [0, 0.1) is 12.8 Å². The highest BCUT2D eigenvalue weighted by Gasteiger charge is 2.43. The van der Waals surface area contributed by atoms with Gasteiger partial charge in [0.1, 0.15) is 0 Å². The van der Waals surface area contributed by atoms with Gasteiger partial charge in [-0.2, -0.15) is 0 Å². The zero-order valence-electron chi connectivity index (χ0n) is 9.12. The number of rotatable bonds is 2. The fraction of sp³-hybridized carbons (Fsp3) is 0.636. The van der Waals surface area contributed by atoms with E-state index in [2.05, 4.69) is 4.98 Å². The van der Waals surface area contributed by atoms with E-state index in [9.17, 15) is 13.6 Å². The lowest BCUT2D eigenvalue weighted by atomic mass is 10.1. The van der Waals surface area contributed by atoms with E-state index < -0.39 is 17.5 Å². The molecular weight excluding hydrogens is 214 g/mol. The summed E-state index contributed by atoms with van der Waals surface area (Å²) in [5.41, 5.74) is 0.356. The Bertz CT molecular complexity index is 442. The fourth-order valence-electron chi connectivity index (χ4n) is 2.16. The lowest BCUT2D eigenvalue weighted by Crippen LogP contribution is -2.31. The second-order valence-electron chi connectivity index (χ2n) is 4.42. The number of aromatic nitrogens is 2. The Labute approximate surface area is 92.1 Å². The minimum Gasteiger partial charge on any atom is -0.298 e. The molecule has 1 atom stereocenters. The van der Waals surface area contributed by atoms with Gasteiger partial charge in [-0.3, -0.25) is 4.57 Å². The molecule has 0 saturated heterocycles. The summed E-state index contributed by atoms with van der Waals surface area (Å²) in [7, 11) is 0. The third-order valence-electron chi connectivity index (χ3n) is 3.06. The predicted molar refractivity (Wildman–Crippen MR) is 55.5 cm³/mol. The normalized spacial score (nSPS) is 23.6. The number of nitrogens with zero attached hydrogens (tertiary/aromatic N) is 2. The second-order valence-corrected chi connectivity index (χ2v) is 4.42. The molecule has 1 aliphatic carbocycles. The molecule has 1 unspecified atom stereocenters. The molecule has 1 heterocycles. The van der Waals surface area contributed by atoms with Crippen LogP contribution in [0.15, 0.2) is 17.2 Å². The third-order valence-corrected chi connectivity index (χ3v) is 3.06. The predicted octanol–water partition coefficient (Wildman–Crippen LogP) is 1.99. The number of alkyl halides is 2. The first kappa shape index (κ1) is 11.2. The van der Waals surface area contributed by atoms with Gasteiger partial charge in [0.2, 0.25) is 0 Å². The van der Waals surface area contributed by atoms with Crippen molar-refractivity contribution in [2.24, 2.45) is 5.92 Å². The molecule has 0 radical (unpaired) electrons. The smallest absolute Gasteiger partial charge is 0.298 e. The van der Waals surface area contributed by atoms with Gasteiger partial charge >= 0.3 is 5.69 Å². The van der Waals surface area contributed by atoms with Crippen LogP contribution in [0.25, 0.3) is 0 Å². The molecule has 0 amide bonds. The first-order chi connectivity index (χ1) is 7.49. The van der Waals surface area contributed by atoms with E-state index in [-0.39, 0.29) is 13.0 Å². The highest BCUT2D eigenvalue weighted by molar-refractivity contribution is 5.00. The van der Waals surface area contributed by atoms with Gasteiger partial charge in [-0.15, -0.1) is 0 Å². The summed E-state index contributed by atoms with van der Waals surface area (Å²) in [6, 6.07) is 0. The summed E-state index contributed by atoms with van der Waals surface area (Å²) in [5.74, 6) is -3.36. The summed E-state index contributed by atoms with van der Waals surface area (Å²) in [6.45, 7) is 1.86. The minimum absolute atomic E-state index is 0.0638. The fourth-order valence-corrected chi connectivity index (χ4v) is 2.16. The van der Waals surface area contributed by atoms with Crippen LogP contribution in [-0.4, -0.2) is 15.5 Å². The Balaban J connectivity index is 2.21. The van der Waals surface area contributed by atoms with Crippen LogP contribution in [0.3, 0.4) is 0 Å².